The van der Waals surface area contributed by atoms with E-state index in [0.29, 0.717) is 50.9 Å². The van der Waals surface area contributed by atoms with Crippen LogP contribution in [0.4, 0.5) is 0 Å². The van der Waals surface area contributed by atoms with Crippen molar-refractivity contribution in [1.29, 1.82) is 0 Å². The lowest BCUT2D eigenvalue weighted by Crippen LogP contribution is -2.51. The van der Waals surface area contributed by atoms with Gasteiger partial charge in [-0.25, -0.2) is 0 Å². The van der Waals surface area contributed by atoms with Crippen molar-refractivity contribution >= 4 is 16.2 Å². The zero-order valence-electron chi connectivity index (χ0n) is 13.1. The topological polar surface area (TPSA) is 66.9 Å². The van der Waals surface area contributed by atoms with Crippen molar-refractivity contribution in [2.75, 3.05) is 33.3 Å². The van der Waals surface area contributed by atoms with Gasteiger partial charge in [0.15, 0.2) is 0 Å². The fraction of sp³-hybridized carbons (Fsp3) is 0.929. The van der Waals surface area contributed by atoms with Crippen LogP contribution in [0.15, 0.2) is 0 Å². The summed E-state index contributed by atoms with van der Waals surface area (Å²) in [6, 6.07) is 0. The van der Waals surface area contributed by atoms with Crippen molar-refractivity contribution in [3.63, 3.8) is 0 Å². The van der Waals surface area contributed by atoms with Gasteiger partial charge in [-0.2, -0.15) is 17.0 Å². The summed E-state index contributed by atoms with van der Waals surface area (Å²) in [6.07, 6.45) is 2.17. The predicted octanol–water partition coefficient (Wildman–Crippen LogP) is 1.09. The maximum Gasteiger partial charge on any atom is 0.308 e. The normalized spacial score (nSPS) is 30.2. The number of nitrogens with zero attached hydrogens (tertiary/aromatic N) is 2. The second kappa shape index (κ2) is 6.62. The highest BCUT2D eigenvalue weighted by Crippen LogP contribution is 2.27. The smallest absolute Gasteiger partial charge is 0.308 e. The molecule has 2 heterocycles. The third-order valence-corrected chi connectivity index (χ3v) is 6.44. The third kappa shape index (κ3) is 3.76. The Labute approximate surface area is 127 Å². The first-order valence-corrected chi connectivity index (χ1v) is 9.07. The van der Waals surface area contributed by atoms with Gasteiger partial charge in [0.1, 0.15) is 0 Å². The van der Waals surface area contributed by atoms with E-state index in [1.807, 2.05) is 0 Å². The molecule has 7 heteroatoms. The van der Waals surface area contributed by atoms with Gasteiger partial charge in [-0.3, -0.25) is 4.79 Å². The third-order valence-electron chi connectivity index (χ3n) is 4.48. The van der Waals surface area contributed by atoms with Gasteiger partial charge in [0.05, 0.1) is 13.0 Å². The second-order valence-corrected chi connectivity index (χ2v) is 8.40. The van der Waals surface area contributed by atoms with Crippen molar-refractivity contribution < 1.29 is 17.9 Å². The number of rotatable bonds is 3. The molecular formula is C14H26N2O4S. The number of ether oxygens (including phenoxy) is 1. The van der Waals surface area contributed by atoms with E-state index in [2.05, 4.69) is 13.8 Å². The van der Waals surface area contributed by atoms with Gasteiger partial charge < -0.3 is 4.74 Å². The first-order valence-electron chi connectivity index (χ1n) is 7.67. The minimum atomic E-state index is -3.39. The van der Waals surface area contributed by atoms with E-state index in [9.17, 15) is 13.2 Å². The molecular weight excluding hydrogens is 292 g/mol. The van der Waals surface area contributed by atoms with Gasteiger partial charge >= 0.3 is 5.97 Å². The lowest BCUT2D eigenvalue weighted by Gasteiger charge is -2.39. The average molecular weight is 318 g/mol. The van der Waals surface area contributed by atoms with E-state index >= 15 is 0 Å². The second-order valence-electron chi connectivity index (χ2n) is 6.47. The highest BCUT2D eigenvalue weighted by Gasteiger charge is 2.37. The van der Waals surface area contributed by atoms with Crippen LogP contribution in [0.25, 0.3) is 0 Å². The van der Waals surface area contributed by atoms with Gasteiger partial charge in [-0.05, 0) is 31.1 Å². The zero-order valence-corrected chi connectivity index (χ0v) is 13.9. The van der Waals surface area contributed by atoms with Crippen molar-refractivity contribution in [2.24, 2.45) is 17.8 Å². The molecule has 2 fully saturated rings. The Morgan fingerprint density at radius 3 is 2.05 bits per heavy atom. The van der Waals surface area contributed by atoms with Crippen LogP contribution in [0.2, 0.25) is 0 Å². The molecule has 2 aliphatic heterocycles. The number of piperidine rings is 2. The first kappa shape index (κ1) is 16.7. The lowest BCUT2D eigenvalue weighted by atomic mass is 9.94. The molecule has 2 rings (SSSR count). The van der Waals surface area contributed by atoms with Gasteiger partial charge in [0, 0.05) is 26.2 Å². The number of methoxy groups -OCH3 is 1. The van der Waals surface area contributed by atoms with Crippen LogP contribution in [0.3, 0.4) is 0 Å². The van der Waals surface area contributed by atoms with E-state index in [-0.39, 0.29) is 11.9 Å². The zero-order chi connectivity index (χ0) is 15.6. The number of hydrogen-bond donors (Lipinski definition) is 0. The van der Waals surface area contributed by atoms with Crippen molar-refractivity contribution in [3.05, 3.63) is 0 Å². The highest BCUT2D eigenvalue weighted by atomic mass is 32.2. The molecule has 0 N–H and O–H groups in total. The molecule has 0 aromatic heterocycles. The molecule has 0 radical (unpaired) electrons. The standard InChI is InChI=1S/C14H26N2O4S/c1-11-8-12(2)10-16(9-11)21(18,19)15-6-4-13(5-7-15)14(17)20-3/h11-13H,4-10H2,1-3H3. The van der Waals surface area contributed by atoms with E-state index in [4.69, 9.17) is 4.74 Å². The quantitative estimate of drug-likeness (QED) is 0.731. The summed E-state index contributed by atoms with van der Waals surface area (Å²) >= 11 is 0. The molecule has 0 spiro atoms. The number of esters is 1. The molecule has 122 valence electrons. The summed E-state index contributed by atoms with van der Waals surface area (Å²) in [5.74, 6) is 0.403. The van der Waals surface area contributed by atoms with Crippen LogP contribution < -0.4 is 0 Å². The maximum atomic E-state index is 12.7. The minimum absolute atomic E-state index is 0.166. The van der Waals surface area contributed by atoms with Crippen molar-refractivity contribution in [1.82, 2.24) is 8.61 Å². The van der Waals surface area contributed by atoms with Gasteiger partial charge in [-0.15, -0.1) is 0 Å². The highest BCUT2D eigenvalue weighted by molar-refractivity contribution is 7.86. The molecule has 0 aromatic carbocycles. The number of carbonyl (C=O) groups is 1. The van der Waals surface area contributed by atoms with Crippen LogP contribution in [-0.4, -0.2) is 56.3 Å². The summed E-state index contributed by atoms with van der Waals surface area (Å²) in [7, 11) is -2.02. The summed E-state index contributed by atoms with van der Waals surface area (Å²) in [5, 5.41) is 0. The first-order chi connectivity index (χ1) is 9.84. The Morgan fingerprint density at radius 1 is 1.05 bits per heavy atom. The van der Waals surface area contributed by atoms with Crippen molar-refractivity contribution in [3.8, 4) is 0 Å². The van der Waals surface area contributed by atoms with E-state index in [0.717, 1.165) is 6.42 Å². The molecule has 0 aliphatic carbocycles. The van der Waals surface area contributed by atoms with E-state index in [1.54, 1.807) is 4.31 Å². The average Bonchev–Trinajstić information content (AvgIpc) is 2.45. The monoisotopic (exact) mass is 318 g/mol. The van der Waals surface area contributed by atoms with Crippen LogP contribution >= 0.6 is 0 Å². The fourth-order valence-electron chi connectivity index (χ4n) is 3.45. The van der Waals surface area contributed by atoms with Gasteiger partial charge in [-0.1, -0.05) is 13.8 Å². The van der Waals surface area contributed by atoms with Crippen LogP contribution in [0, 0.1) is 17.8 Å². The Kier molecular flexibility index (Phi) is 5.27. The summed E-state index contributed by atoms with van der Waals surface area (Å²) < 4.78 is 33.3. The summed E-state index contributed by atoms with van der Waals surface area (Å²) in [4.78, 5) is 11.5. The molecule has 2 saturated heterocycles. The molecule has 2 unspecified atom stereocenters. The van der Waals surface area contributed by atoms with Gasteiger partial charge in [0.2, 0.25) is 0 Å². The maximum absolute atomic E-state index is 12.7. The number of hydrogen-bond acceptors (Lipinski definition) is 4. The largest absolute Gasteiger partial charge is 0.469 e. The minimum Gasteiger partial charge on any atom is -0.469 e. The fourth-order valence-corrected chi connectivity index (χ4v) is 5.33. The Morgan fingerprint density at radius 2 is 1.57 bits per heavy atom. The van der Waals surface area contributed by atoms with Crippen LogP contribution in [0.5, 0.6) is 0 Å². The lowest BCUT2D eigenvalue weighted by molar-refractivity contribution is -0.146. The Bertz CT molecular complexity index is 461. The summed E-state index contributed by atoms with van der Waals surface area (Å²) in [5.41, 5.74) is 0. The molecule has 0 bridgehead atoms. The Balaban J connectivity index is 1.99. The van der Waals surface area contributed by atoms with E-state index in [1.165, 1.54) is 11.4 Å². The molecule has 21 heavy (non-hydrogen) atoms. The molecule has 2 atom stereocenters. The predicted molar refractivity (Wildman–Crippen MR) is 79.8 cm³/mol. The summed E-state index contributed by atoms with van der Waals surface area (Å²) in [6.45, 7) is 6.21. The van der Waals surface area contributed by atoms with E-state index < -0.39 is 10.2 Å². The van der Waals surface area contributed by atoms with Crippen molar-refractivity contribution in [2.45, 2.75) is 33.1 Å². The molecule has 0 saturated carbocycles. The molecule has 0 amide bonds. The molecule has 0 aromatic rings. The SMILES string of the molecule is COC(=O)C1CCN(S(=O)(=O)N2CC(C)CC(C)C2)CC1. The number of carbonyl (C=O) groups excluding carboxylic acids is 1. The van der Waals surface area contributed by atoms with Crippen LogP contribution in [0.1, 0.15) is 33.1 Å². The van der Waals surface area contributed by atoms with Crippen LogP contribution in [-0.2, 0) is 19.7 Å². The molecule has 2 aliphatic rings. The van der Waals surface area contributed by atoms with Gasteiger partial charge in [0.25, 0.3) is 10.2 Å². The molecule has 6 nitrogen and oxygen atoms in total. The Hall–Kier alpha value is -0.660.